The summed E-state index contributed by atoms with van der Waals surface area (Å²) in [6, 6.07) is 7.53. The van der Waals surface area contributed by atoms with Crippen molar-refractivity contribution >= 4 is 11.6 Å². The topological polar surface area (TPSA) is 21.7 Å². The Balaban J connectivity index is 2.11. The second kappa shape index (κ2) is 4.94. The first-order chi connectivity index (χ1) is 7.25. The number of nitrogens with zero attached hydrogens (tertiary/aromatic N) is 1. The van der Waals surface area contributed by atoms with Gasteiger partial charge in [-0.15, -0.1) is 0 Å². The van der Waals surface area contributed by atoms with E-state index in [0.29, 0.717) is 0 Å². The van der Waals surface area contributed by atoms with Crippen molar-refractivity contribution < 1.29 is 9.57 Å². The first-order valence-corrected chi connectivity index (χ1v) is 5.38. The van der Waals surface area contributed by atoms with E-state index in [2.05, 4.69) is 0 Å². The highest BCUT2D eigenvalue weighted by Gasteiger charge is 2.18. The number of hydroxylamine groups is 2. The molecule has 3 nitrogen and oxygen atoms in total. The second-order valence-corrected chi connectivity index (χ2v) is 4.00. The van der Waals surface area contributed by atoms with Crippen LogP contribution in [0.1, 0.15) is 18.3 Å². The van der Waals surface area contributed by atoms with Crippen LogP contribution in [0.3, 0.4) is 0 Å². The van der Waals surface area contributed by atoms with E-state index in [0.717, 1.165) is 30.2 Å². The molecule has 1 unspecified atom stereocenters. The van der Waals surface area contributed by atoms with E-state index < -0.39 is 0 Å². The van der Waals surface area contributed by atoms with E-state index in [9.17, 15) is 0 Å². The molecule has 1 aliphatic rings. The lowest BCUT2D eigenvalue weighted by molar-refractivity contribution is -0.256. The highest BCUT2D eigenvalue weighted by atomic mass is 35.5. The van der Waals surface area contributed by atoms with Gasteiger partial charge in [0, 0.05) is 24.2 Å². The summed E-state index contributed by atoms with van der Waals surface area (Å²) < 4.78 is 5.59. The minimum atomic E-state index is -0.310. The molecular formula is C11H14ClNO2. The SMILES string of the molecule is CN1CCCOC(c2ccc(Cl)cc2)O1. The van der Waals surface area contributed by atoms with Crippen molar-refractivity contribution in [1.29, 1.82) is 0 Å². The van der Waals surface area contributed by atoms with E-state index in [1.165, 1.54) is 0 Å². The summed E-state index contributed by atoms with van der Waals surface area (Å²) in [7, 11) is 1.91. The second-order valence-electron chi connectivity index (χ2n) is 3.56. The largest absolute Gasteiger partial charge is 0.347 e. The smallest absolute Gasteiger partial charge is 0.203 e. The normalized spacial score (nSPS) is 23.7. The number of ether oxygens (including phenoxy) is 1. The molecule has 1 heterocycles. The van der Waals surface area contributed by atoms with Gasteiger partial charge in [-0.2, -0.15) is 5.06 Å². The fourth-order valence-corrected chi connectivity index (χ4v) is 1.63. The summed E-state index contributed by atoms with van der Waals surface area (Å²) in [5.74, 6) is 0. The van der Waals surface area contributed by atoms with Gasteiger partial charge in [-0.3, -0.25) is 4.84 Å². The Morgan fingerprint density at radius 3 is 2.80 bits per heavy atom. The predicted molar refractivity (Wildman–Crippen MR) is 58.5 cm³/mol. The highest BCUT2D eigenvalue weighted by molar-refractivity contribution is 6.30. The van der Waals surface area contributed by atoms with E-state index in [1.54, 1.807) is 0 Å². The zero-order valence-corrected chi connectivity index (χ0v) is 9.41. The lowest BCUT2D eigenvalue weighted by Gasteiger charge is -2.20. The fourth-order valence-electron chi connectivity index (χ4n) is 1.50. The van der Waals surface area contributed by atoms with Gasteiger partial charge in [0.25, 0.3) is 0 Å². The molecule has 0 bridgehead atoms. The third-order valence-corrected chi connectivity index (χ3v) is 2.56. The van der Waals surface area contributed by atoms with E-state index in [1.807, 2.05) is 36.4 Å². The van der Waals surface area contributed by atoms with Crippen molar-refractivity contribution in [3.05, 3.63) is 34.9 Å². The van der Waals surface area contributed by atoms with Crippen molar-refractivity contribution in [2.75, 3.05) is 20.2 Å². The van der Waals surface area contributed by atoms with Crippen LogP contribution in [-0.2, 0) is 9.57 Å². The average molecular weight is 228 g/mol. The Morgan fingerprint density at radius 2 is 2.07 bits per heavy atom. The Bertz CT molecular complexity index is 315. The standard InChI is InChI=1S/C11H14ClNO2/c1-13-7-2-8-14-11(15-13)9-3-5-10(12)6-4-9/h3-6,11H,2,7-8H2,1H3. The lowest BCUT2D eigenvalue weighted by Crippen LogP contribution is -2.20. The Labute approximate surface area is 94.5 Å². The van der Waals surface area contributed by atoms with Crippen LogP contribution in [0.25, 0.3) is 0 Å². The number of benzene rings is 1. The van der Waals surface area contributed by atoms with Gasteiger partial charge in [0.1, 0.15) is 0 Å². The van der Waals surface area contributed by atoms with Crippen molar-refractivity contribution in [1.82, 2.24) is 5.06 Å². The van der Waals surface area contributed by atoms with E-state index in [4.69, 9.17) is 21.2 Å². The van der Waals surface area contributed by atoms with Gasteiger partial charge in [-0.1, -0.05) is 23.7 Å². The van der Waals surface area contributed by atoms with Crippen LogP contribution in [0, 0.1) is 0 Å². The third kappa shape index (κ3) is 2.92. The van der Waals surface area contributed by atoms with Gasteiger partial charge in [0.2, 0.25) is 6.29 Å². The van der Waals surface area contributed by atoms with E-state index >= 15 is 0 Å². The molecule has 0 amide bonds. The van der Waals surface area contributed by atoms with Crippen molar-refractivity contribution in [2.24, 2.45) is 0 Å². The highest BCUT2D eigenvalue weighted by Crippen LogP contribution is 2.23. The van der Waals surface area contributed by atoms with Gasteiger partial charge < -0.3 is 4.74 Å². The van der Waals surface area contributed by atoms with E-state index in [-0.39, 0.29) is 6.29 Å². The average Bonchev–Trinajstić information content (AvgIpc) is 2.44. The minimum absolute atomic E-state index is 0.310. The summed E-state index contributed by atoms with van der Waals surface area (Å²) in [6.07, 6.45) is 0.676. The molecule has 1 fully saturated rings. The molecule has 1 aromatic carbocycles. The molecule has 0 aliphatic carbocycles. The molecule has 4 heteroatoms. The van der Waals surface area contributed by atoms with Crippen LogP contribution in [0.4, 0.5) is 0 Å². The number of rotatable bonds is 1. The molecule has 1 aromatic rings. The van der Waals surface area contributed by atoms with Crippen LogP contribution < -0.4 is 0 Å². The number of hydrogen-bond donors (Lipinski definition) is 0. The van der Waals surface area contributed by atoms with Crippen LogP contribution in [-0.4, -0.2) is 25.3 Å². The van der Waals surface area contributed by atoms with Crippen LogP contribution in [0.15, 0.2) is 24.3 Å². The Morgan fingerprint density at radius 1 is 1.33 bits per heavy atom. The molecule has 1 atom stereocenters. The van der Waals surface area contributed by atoms with Gasteiger partial charge >= 0.3 is 0 Å². The summed E-state index contributed by atoms with van der Waals surface area (Å²) in [5, 5.41) is 2.53. The zero-order valence-electron chi connectivity index (χ0n) is 8.65. The molecule has 0 saturated carbocycles. The summed E-state index contributed by atoms with van der Waals surface area (Å²) in [5.41, 5.74) is 0.994. The van der Waals surface area contributed by atoms with Crippen LogP contribution in [0.2, 0.25) is 5.02 Å². The molecular weight excluding hydrogens is 214 g/mol. The Kier molecular flexibility index (Phi) is 3.59. The summed E-state index contributed by atoms with van der Waals surface area (Å²) in [6.45, 7) is 1.61. The van der Waals surface area contributed by atoms with Crippen molar-refractivity contribution in [3.8, 4) is 0 Å². The maximum absolute atomic E-state index is 5.82. The zero-order chi connectivity index (χ0) is 10.7. The minimum Gasteiger partial charge on any atom is -0.347 e. The summed E-state index contributed by atoms with van der Waals surface area (Å²) in [4.78, 5) is 5.61. The van der Waals surface area contributed by atoms with Crippen molar-refractivity contribution in [2.45, 2.75) is 12.7 Å². The number of halogens is 1. The lowest BCUT2D eigenvalue weighted by atomic mass is 10.2. The molecule has 1 saturated heterocycles. The first-order valence-electron chi connectivity index (χ1n) is 5.01. The molecule has 0 spiro atoms. The quantitative estimate of drug-likeness (QED) is 0.736. The molecule has 82 valence electrons. The van der Waals surface area contributed by atoms with Crippen molar-refractivity contribution in [3.63, 3.8) is 0 Å². The maximum atomic E-state index is 5.82. The first kappa shape index (κ1) is 10.9. The molecule has 1 aliphatic heterocycles. The molecule has 0 aromatic heterocycles. The third-order valence-electron chi connectivity index (χ3n) is 2.30. The van der Waals surface area contributed by atoms with Gasteiger partial charge in [0.15, 0.2) is 0 Å². The van der Waals surface area contributed by atoms with Crippen LogP contribution in [0.5, 0.6) is 0 Å². The fraction of sp³-hybridized carbons (Fsp3) is 0.455. The molecule has 2 rings (SSSR count). The maximum Gasteiger partial charge on any atom is 0.203 e. The Hall–Kier alpha value is -0.610. The number of hydrogen-bond acceptors (Lipinski definition) is 3. The predicted octanol–water partition coefficient (Wildman–Crippen LogP) is 2.62. The van der Waals surface area contributed by atoms with Gasteiger partial charge in [0.05, 0.1) is 6.61 Å². The van der Waals surface area contributed by atoms with Crippen LogP contribution >= 0.6 is 11.6 Å². The molecule has 15 heavy (non-hydrogen) atoms. The molecule has 0 radical (unpaired) electrons. The summed E-state index contributed by atoms with van der Waals surface area (Å²) >= 11 is 5.82. The molecule has 0 N–H and O–H groups in total. The van der Waals surface area contributed by atoms with Gasteiger partial charge in [-0.25, -0.2) is 0 Å². The van der Waals surface area contributed by atoms with Gasteiger partial charge in [-0.05, 0) is 18.6 Å². The monoisotopic (exact) mass is 227 g/mol.